The lowest BCUT2D eigenvalue weighted by Gasteiger charge is -2.37. The first-order chi connectivity index (χ1) is 16.5. The van der Waals surface area contributed by atoms with Gasteiger partial charge >= 0.3 is 12.1 Å². The summed E-state index contributed by atoms with van der Waals surface area (Å²) in [5, 5.41) is 12.2. The Morgan fingerprint density at radius 1 is 1.03 bits per heavy atom. The van der Waals surface area contributed by atoms with E-state index in [9.17, 15) is 19.5 Å². The van der Waals surface area contributed by atoms with Crippen LogP contribution in [-0.2, 0) is 14.3 Å². The SMILES string of the molecule is C[C@H]1[C@@H](C(=O)O)CCCN1C(=O)[C@H]1C[C@H]1CNC(=O)OCC1c2ccccc2-c2ccccc21. The molecular weight excluding hydrogens is 432 g/mol. The van der Waals surface area contributed by atoms with Crippen molar-refractivity contribution in [2.45, 2.75) is 38.1 Å². The van der Waals surface area contributed by atoms with E-state index >= 15 is 0 Å². The number of fused-ring (bicyclic) bond motifs is 3. The molecule has 7 nitrogen and oxygen atoms in total. The maximum atomic E-state index is 12.9. The normalized spacial score (nSPS) is 25.3. The molecule has 2 N–H and O–H groups in total. The van der Waals surface area contributed by atoms with E-state index in [-0.39, 0.29) is 36.3 Å². The van der Waals surface area contributed by atoms with Crippen molar-refractivity contribution >= 4 is 18.0 Å². The summed E-state index contributed by atoms with van der Waals surface area (Å²) in [6.45, 7) is 3.07. The maximum Gasteiger partial charge on any atom is 0.407 e. The van der Waals surface area contributed by atoms with Gasteiger partial charge in [-0.15, -0.1) is 0 Å². The molecule has 3 aliphatic rings. The highest BCUT2D eigenvalue weighted by Crippen LogP contribution is 2.44. The largest absolute Gasteiger partial charge is 0.481 e. The third-order valence-electron chi connectivity index (χ3n) is 7.68. The summed E-state index contributed by atoms with van der Waals surface area (Å²) in [4.78, 5) is 38.5. The summed E-state index contributed by atoms with van der Waals surface area (Å²) in [6, 6.07) is 16.1. The second-order valence-corrected chi connectivity index (χ2v) is 9.67. The molecule has 0 bridgehead atoms. The van der Waals surface area contributed by atoms with Crippen LogP contribution in [0.4, 0.5) is 4.79 Å². The van der Waals surface area contributed by atoms with E-state index in [1.807, 2.05) is 31.2 Å². The molecule has 5 rings (SSSR count). The van der Waals surface area contributed by atoms with Crippen LogP contribution in [0.3, 0.4) is 0 Å². The molecule has 0 aromatic heterocycles. The number of likely N-dealkylation sites (tertiary alicyclic amines) is 1. The summed E-state index contributed by atoms with van der Waals surface area (Å²) in [7, 11) is 0. The molecule has 0 unspecified atom stereocenters. The van der Waals surface area contributed by atoms with Crippen LogP contribution in [-0.4, -0.2) is 53.7 Å². The highest BCUT2D eigenvalue weighted by atomic mass is 16.5. The summed E-state index contributed by atoms with van der Waals surface area (Å²) < 4.78 is 5.58. The smallest absolute Gasteiger partial charge is 0.407 e. The Labute approximate surface area is 199 Å². The molecule has 2 fully saturated rings. The number of carbonyl (C=O) groups excluding carboxylic acids is 2. The molecule has 1 heterocycles. The van der Waals surface area contributed by atoms with Gasteiger partial charge in [0.15, 0.2) is 0 Å². The predicted octanol–water partition coefficient (Wildman–Crippen LogP) is 3.87. The second-order valence-electron chi connectivity index (χ2n) is 9.67. The molecule has 34 heavy (non-hydrogen) atoms. The zero-order chi connectivity index (χ0) is 23.8. The number of carboxylic acid groups (broad SMARTS) is 1. The number of alkyl carbamates (subject to hydrolysis) is 1. The number of carbonyl (C=O) groups is 3. The quantitative estimate of drug-likeness (QED) is 0.679. The van der Waals surface area contributed by atoms with Crippen molar-refractivity contribution in [1.29, 1.82) is 0 Å². The average Bonchev–Trinajstić information content (AvgIpc) is 3.56. The van der Waals surface area contributed by atoms with Crippen molar-refractivity contribution in [3.8, 4) is 11.1 Å². The molecular formula is C27H30N2O5. The van der Waals surface area contributed by atoms with Crippen molar-refractivity contribution in [1.82, 2.24) is 10.2 Å². The first kappa shape index (κ1) is 22.4. The third kappa shape index (κ3) is 4.15. The number of hydrogen-bond acceptors (Lipinski definition) is 4. The average molecular weight is 463 g/mol. The summed E-state index contributed by atoms with van der Waals surface area (Å²) in [5.74, 6) is -1.40. The number of amides is 2. The van der Waals surface area contributed by atoms with Crippen molar-refractivity contribution < 1.29 is 24.2 Å². The number of ether oxygens (including phenoxy) is 1. The Hall–Kier alpha value is -3.35. The van der Waals surface area contributed by atoms with Crippen molar-refractivity contribution in [2.75, 3.05) is 19.7 Å². The van der Waals surface area contributed by atoms with Crippen LogP contribution in [0, 0.1) is 17.8 Å². The molecule has 2 aromatic carbocycles. The Bertz CT molecular complexity index is 1070. The van der Waals surface area contributed by atoms with Crippen LogP contribution < -0.4 is 5.32 Å². The Morgan fingerprint density at radius 2 is 1.68 bits per heavy atom. The molecule has 2 aromatic rings. The van der Waals surface area contributed by atoms with Crippen LogP contribution >= 0.6 is 0 Å². The van der Waals surface area contributed by atoms with Crippen LogP contribution in [0.5, 0.6) is 0 Å². The van der Waals surface area contributed by atoms with Gasteiger partial charge in [0.05, 0.1) is 5.92 Å². The second kappa shape index (κ2) is 9.12. The maximum absolute atomic E-state index is 12.9. The van der Waals surface area contributed by atoms with Gasteiger partial charge in [-0.1, -0.05) is 48.5 Å². The lowest BCUT2D eigenvalue weighted by Crippen LogP contribution is -2.50. The minimum Gasteiger partial charge on any atom is -0.481 e. The molecule has 178 valence electrons. The molecule has 1 aliphatic heterocycles. The summed E-state index contributed by atoms with van der Waals surface area (Å²) in [5.41, 5.74) is 4.70. The van der Waals surface area contributed by atoms with Crippen LogP contribution in [0.2, 0.25) is 0 Å². The van der Waals surface area contributed by atoms with Crippen LogP contribution in [0.25, 0.3) is 11.1 Å². The molecule has 2 aliphatic carbocycles. The van der Waals surface area contributed by atoms with E-state index < -0.39 is 18.0 Å². The molecule has 7 heteroatoms. The zero-order valence-corrected chi connectivity index (χ0v) is 19.3. The van der Waals surface area contributed by atoms with Crippen LogP contribution in [0.1, 0.15) is 43.2 Å². The Morgan fingerprint density at radius 3 is 2.32 bits per heavy atom. The first-order valence-corrected chi connectivity index (χ1v) is 12.1. The van der Waals surface area contributed by atoms with E-state index in [1.165, 1.54) is 22.3 Å². The van der Waals surface area contributed by atoms with Gasteiger partial charge in [0, 0.05) is 31.0 Å². The van der Waals surface area contributed by atoms with E-state index in [1.54, 1.807) is 4.90 Å². The summed E-state index contributed by atoms with van der Waals surface area (Å²) >= 11 is 0. The van der Waals surface area contributed by atoms with E-state index in [4.69, 9.17) is 4.74 Å². The number of aliphatic carboxylic acids is 1. The van der Waals surface area contributed by atoms with Gasteiger partial charge in [0.1, 0.15) is 6.61 Å². The molecule has 4 atom stereocenters. The van der Waals surface area contributed by atoms with Gasteiger partial charge in [-0.3, -0.25) is 9.59 Å². The van der Waals surface area contributed by atoms with Crippen LogP contribution in [0.15, 0.2) is 48.5 Å². The molecule has 1 saturated heterocycles. The Kier molecular flexibility index (Phi) is 6.02. The number of nitrogens with zero attached hydrogens (tertiary/aromatic N) is 1. The first-order valence-electron chi connectivity index (χ1n) is 12.1. The molecule has 1 saturated carbocycles. The zero-order valence-electron chi connectivity index (χ0n) is 19.3. The van der Waals surface area contributed by atoms with Gasteiger partial charge < -0.3 is 20.1 Å². The predicted molar refractivity (Wildman–Crippen MR) is 126 cm³/mol. The minimum absolute atomic E-state index is 0.0103. The Balaban J connectivity index is 1.12. The highest BCUT2D eigenvalue weighted by Gasteiger charge is 2.47. The number of rotatable bonds is 6. The molecule has 2 amide bonds. The highest BCUT2D eigenvalue weighted by molar-refractivity contribution is 5.83. The lowest BCUT2D eigenvalue weighted by molar-refractivity contribution is -0.149. The van der Waals surface area contributed by atoms with E-state index in [0.29, 0.717) is 32.4 Å². The third-order valence-corrected chi connectivity index (χ3v) is 7.68. The van der Waals surface area contributed by atoms with Gasteiger partial charge in [0.25, 0.3) is 0 Å². The van der Waals surface area contributed by atoms with Gasteiger partial charge in [-0.05, 0) is 54.4 Å². The number of carboxylic acids is 1. The van der Waals surface area contributed by atoms with Gasteiger partial charge in [0.2, 0.25) is 5.91 Å². The summed E-state index contributed by atoms with van der Waals surface area (Å²) in [6.07, 6.45) is 1.56. The number of hydrogen-bond donors (Lipinski definition) is 2. The van der Waals surface area contributed by atoms with Crippen molar-refractivity contribution in [3.05, 3.63) is 59.7 Å². The lowest BCUT2D eigenvalue weighted by atomic mass is 9.90. The van der Waals surface area contributed by atoms with E-state index in [2.05, 4.69) is 29.6 Å². The number of nitrogens with one attached hydrogen (secondary N) is 1. The minimum atomic E-state index is -0.839. The molecule has 0 spiro atoms. The monoisotopic (exact) mass is 462 g/mol. The van der Waals surface area contributed by atoms with E-state index in [0.717, 1.165) is 0 Å². The number of piperidine rings is 1. The van der Waals surface area contributed by atoms with Crippen molar-refractivity contribution in [3.63, 3.8) is 0 Å². The fourth-order valence-corrected chi connectivity index (χ4v) is 5.64. The van der Waals surface area contributed by atoms with Gasteiger partial charge in [-0.25, -0.2) is 4.79 Å². The van der Waals surface area contributed by atoms with Crippen molar-refractivity contribution in [2.24, 2.45) is 17.8 Å². The fraction of sp³-hybridized carbons (Fsp3) is 0.444. The topological polar surface area (TPSA) is 95.9 Å². The number of benzene rings is 2. The fourth-order valence-electron chi connectivity index (χ4n) is 5.64. The molecule has 0 radical (unpaired) electrons. The standard InChI is InChI=1S/C27H30N2O5/c1-16-18(26(31)32)11-6-12-29(16)25(30)23-13-17(23)14-28-27(33)34-15-24-21-9-4-2-7-19(21)20-8-3-5-10-22(20)24/h2-5,7-10,16-18,23-24H,6,11-15H2,1H3,(H,28,33)(H,31,32)/t16-,17-,18-,23-/m0/s1. The van der Waals surface area contributed by atoms with Gasteiger partial charge in [-0.2, -0.15) is 0 Å².